The van der Waals surface area contributed by atoms with Crippen molar-refractivity contribution in [3.63, 3.8) is 0 Å². The Bertz CT molecular complexity index is 1190. The number of halogens is 2. The molecule has 0 atom stereocenters. The number of nitrogens with zero attached hydrogens (tertiary/aromatic N) is 1. The fourth-order valence-electron chi connectivity index (χ4n) is 2.86. The lowest BCUT2D eigenvalue weighted by Gasteiger charge is -2.09. The summed E-state index contributed by atoms with van der Waals surface area (Å²) in [5.74, 6) is 0.202. The molecule has 1 N–H and O–H groups in total. The highest BCUT2D eigenvalue weighted by Crippen LogP contribution is 2.30. The highest BCUT2D eigenvalue weighted by atomic mass is 127. The summed E-state index contributed by atoms with van der Waals surface area (Å²) < 4.78 is 20.4. The van der Waals surface area contributed by atoms with Crippen molar-refractivity contribution >= 4 is 57.2 Å². The maximum atomic E-state index is 13.8. The van der Waals surface area contributed by atoms with Gasteiger partial charge in [0.2, 0.25) is 0 Å². The van der Waals surface area contributed by atoms with Crippen molar-refractivity contribution in [1.82, 2.24) is 5.32 Å². The zero-order chi connectivity index (χ0) is 21.8. The van der Waals surface area contributed by atoms with Crippen LogP contribution in [0.3, 0.4) is 0 Å². The number of hydrogen-bond donors (Lipinski definition) is 1. The van der Waals surface area contributed by atoms with E-state index in [4.69, 9.17) is 4.74 Å². The first-order chi connectivity index (χ1) is 15.0. The Morgan fingerprint density at radius 2 is 1.90 bits per heavy atom. The molecule has 3 aromatic rings. The van der Waals surface area contributed by atoms with Crippen molar-refractivity contribution < 1.29 is 13.9 Å². The number of nitrogens with one attached hydrogen (secondary N) is 1. The van der Waals surface area contributed by atoms with Gasteiger partial charge < -0.3 is 10.1 Å². The molecule has 0 bridgehead atoms. The van der Waals surface area contributed by atoms with Gasteiger partial charge in [0.25, 0.3) is 5.91 Å². The summed E-state index contributed by atoms with van der Waals surface area (Å²) in [5, 5.41) is 3.36. The van der Waals surface area contributed by atoms with Gasteiger partial charge in [0.05, 0.1) is 14.2 Å². The molecule has 0 saturated carbocycles. The van der Waals surface area contributed by atoms with E-state index in [9.17, 15) is 9.18 Å². The number of benzene rings is 3. The van der Waals surface area contributed by atoms with Crippen LogP contribution in [-0.2, 0) is 11.4 Å². The van der Waals surface area contributed by atoms with E-state index in [0.29, 0.717) is 21.4 Å². The summed E-state index contributed by atoms with van der Waals surface area (Å²) in [6, 6.07) is 20.0. The van der Waals surface area contributed by atoms with Crippen LogP contribution in [-0.4, -0.2) is 11.1 Å². The van der Waals surface area contributed by atoms with Gasteiger partial charge in [-0.05, 0) is 83.2 Å². The fraction of sp³-hybridized carbons (Fsp3) is 0.0833. The largest absolute Gasteiger partial charge is 0.488 e. The first-order valence-corrected chi connectivity index (χ1v) is 11.4. The molecule has 1 saturated heterocycles. The van der Waals surface area contributed by atoms with Gasteiger partial charge in [0, 0.05) is 5.56 Å². The summed E-state index contributed by atoms with van der Waals surface area (Å²) in [4.78, 5) is 17.4. The first kappa shape index (κ1) is 21.6. The molecule has 1 amide bonds. The predicted octanol–water partition coefficient (Wildman–Crippen LogP) is 6.21. The number of carbonyl (C=O) groups is 1. The van der Waals surface area contributed by atoms with Crippen LogP contribution < -0.4 is 10.1 Å². The SMILES string of the molecule is Cc1ccc(N=C2NC(=O)/C(=C\c3ccc(OCc4ccccc4F)c(I)c3)S2)cc1. The molecule has 7 heteroatoms. The van der Waals surface area contributed by atoms with Crippen molar-refractivity contribution in [3.05, 3.63) is 97.7 Å². The van der Waals surface area contributed by atoms with Crippen molar-refractivity contribution in [3.8, 4) is 5.75 Å². The van der Waals surface area contributed by atoms with Crippen LogP contribution in [0.1, 0.15) is 16.7 Å². The van der Waals surface area contributed by atoms with E-state index in [-0.39, 0.29) is 18.3 Å². The van der Waals surface area contributed by atoms with Crippen molar-refractivity contribution in [2.24, 2.45) is 4.99 Å². The molecule has 4 nitrogen and oxygen atoms in total. The summed E-state index contributed by atoms with van der Waals surface area (Å²) in [6.07, 6.45) is 1.82. The molecular formula is C24H18FIN2O2S. The van der Waals surface area contributed by atoms with E-state index in [2.05, 4.69) is 32.9 Å². The lowest BCUT2D eigenvalue weighted by Crippen LogP contribution is -2.19. The van der Waals surface area contributed by atoms with Gasteiger partial charge in [-0.25, -0.2) is 9.38 Å². The average molecular weight is 544 g/mol. The maximum Gasteiger partial charge on any atom is 0.264 e. The third-order valence-corrected chi connectivity index (χ3v) is 6.26. The second kappa shape index (κ2) is 9.65. The minimum Gasteiger partial charge on any atom is -0.488 e. The van der Waals surface area contributed by atoms with Gasteiger partial charge in [-0.3, -0.25) is 4.79 Å². The van der Waals surface area contributed by atoms with Crippen LogP contribution in [0.25, 0.3) is 6.08 Å². The van der Waals surface area contributed by atoms with Crippen LogP contribution in [0.4, 0.5) is 10.1 Å². The summed E-state index contributed by atoms with van der Waals surface area (Å²) in [5.41, 5.74) is 3.32. The number of rotatable bonds is 5. The summed E-state index contributed by atoms with van der Waals surface area (Å²) >= 11 is 3.48. The number of amidine groups is 1. The highest BCUT2D eigenvalue weighted by Gasteiger charge is 2.23. The lowest BCUT2D eigenvalue weighted by molar-refractivity contribution is -0.115. The maximum absolute atomic E-state index is 13.8. The molecule has 0 aliphatic carbocycles. The molecule has 1 aliphatic heterocycles. The molecular weight excluding hydrogens is 526 g/mol. The van der Waals surface area contributed by atoms with Crippen molar-refractivity contribution in [2.45, 2.75) is 13.5 Å². The average Bonchev–Trinajstić information content (AvgIpc) is 3.09. The molecule has 1 heterocycles. The lowest BCUT2D eigenvalue weighted by atomic mass is 10.2. The second-order valence-electron chi connectivity index (χ2n) is 6.89. The van der Waals surface area contributed by atoms with Crippen LogP contribution >= 0.6 is 34.4 Å². The zero-order valence-corrected chi connectivity index (χ0v) is 19.5. The zero-order valence-electron chi connectivity index (χ0n) is 16.6. The number of ether oxygens (including phenoxy) is 1. The molecule has 3 aromatic carbocycles. The highest BCUT2D eigenvalue weighted by molar-refractivity contribution is 14.1. The number of aryl methyl sites for hydroxylation is 1. The van der Waals surface area contributed by atoms with Gasteiger partial charge in [-0.2, -0.15) is 0 Å². The molecule has 1 aliphatic rings. The third-order valence-electron chi connectivity index (χ3n) is 4.51. The number of hydrogen-bond acceptors (Lipinski definition) is 4. The molecule has 0 spiro atoms. The van der Waals surface area contributed by atoms with Gasteiger partial charge in [0.1, 0.15) is 18.2 Å². The predicted molar refractivity (Wildman–Crippen MR) is 132 cm³/mol. The molecule has 156 valence electrons. The topological polar surface area (TPSA) is 50.7 Å². The van der Waals surface area contributed by atoms with Crippen LogP contribution in [0.5, 0.6) is 5.75 Å². The minimum atomic E-state index is -0.286. The van der Waals surface area contributed by atoms with Crippen molar-refractivity contribution in [1.29, 1.82) is 0 Å². The third kappa shape index (κ3) is 5.54. The second-order valence-corrected chi connectivity index (χ2v) is 9.08. The van der Waals surface area contributed by atoms with Crippen LogP contribution in [0, 0.1) is 16.3 Å². The minimum absolute atomic E-state index is 0.153. The van der Waals surface area contributed by atoms with E-state index < -0.39 is 0 Å². The normalized spacial score (nSPS) is 16.0. The molecule has 0 unspecified atom stereocenters. The summed E-state index contributed by atoms with van der Waals surface area (Å²) in [6.45, 7) is 2.17. The number of thioether (sulfide) groups is 1. The molecule has 4 rings (SSSR count). The Balaban J connectivity index is 1.46. The van der Waals surface area contributed by atoms with Gasteiger partial charge in [0.15, 0.2) is 5.17 Å². The standard InChI is InChI=1S/C24H18FIN2O2S/c1-15-6-9-18(10-7-15)27-24-28-23(29)22(31-24)13-16-8-11-21(20(26)12-16)30-14-17-4-2-3-5-19(17)25/h2-13H,14H2,1H3,(H,27,28,29)/b22-13+. The monoisotopic (exact) mass is 544 g/mol. The van der Waals surface area contributed by atoms with Gasteiger partial charge in [-0.1, -0.05) is 42.0 Å². The van der Waals surface area contributed by atoms with E-state index >= 15 is 0 Å². The van der Waals surface area contributed by atoms with Gasteiger partial charge in [-0.15, -0.1) is 0 Å². The number of amides is 1. The van der Waals surface area contributed by atoms with E-state index in [1.165, 1.54) is 17.8 Å². The van der Waals surface area contributed by atoms with E-state index in [1.54, 1.807) is 18.2 Å². The van der Waals surface area contributed by atoms with E-state index in [1.807, 2.05) is 55.5 Å². The fourth-order valence-corrected chi connectivity index (χ4v) is 4.40. The van der Waals surface area contributed by atoms with Gasteiger partial charge >= 0.3 is 0 Å². The first-order valence-electron chi connectivity index (χ1n) is 9.50. The van der Waals surface area contributed by atoms with Crippen LogP contribution in [0.15, 0.2) is 76.6 Å². The van der Waals surface area contributed by atoms with E-state index in [0.717, 1.165) is 20.4 Å². The Morgan fingerprint density at radius 1 is 1.13 bits per heavy atom. The van der Waals surface area contributed by atoms with Crippen molar-refractivity contribution in [2.75, 3.05) is 0 Å². The Kier molecular flexibility index (Phi) is 6.72. The molecule has 0 aromatic heterocycles. The molecule has 1 fully saturated rings. The molecule has 31 heavy (non-hydrogen) atoms. The number of aliphatic imine (C=N–C) groups is 1. The Labute approximate surface area is 197 Å². The Hall–Kier alpha value is -2.65. The van der Waals surface area contributed by atoms with Crippen LogP contribution in [0.2, 0.25) is 0 Å². The Morgan fingerprint density at radius 3 is 2.65 bits per heavy atom. The smallest absolute Gasteiger partial charge is 0.264 e. The molecule has 0 radical (unpaired) electrons. The summed E-state index contributed by atoms with van der Waals surface area (Å²) in [7, 11) is 0. The number of carbonyl (C=O) groups excluding carboxylic acids is 1. The quantitative estimate of drug-likeness (QED) is 0.307.